The number of hydrogen-bond donors (Lipinski definition) is 0. The molecule has 1 atom stereocenters. The summed E-state index contributed by atoms with van der Waals surface area (Å²) < 4.78 is 12.4. The van der Waals surface area contributed by atoms with Crippen LogP contribution in [0.1, 0.15) is 23.0 Å². The number of aryl methyl sites for hydroxylation is 1. The number of aromatic nitrogens is 1. The Balaban J connectivity index is 1.48. The Morgan fingerprint density at radius 3 is 2.53 bits per heavy atom. The summed E-state index contributed by atoms with van der Waals surface area (Å²) in [6.45, 7) is 1.64. The van der Waals surface area contributed by atoms with Crippen molar-refractivity contribution in [1.29, 1.82) is 0 Å². The average molecular weight is 430 g/mol. The molecule has 2 heterocycles. The highest BCUT2D eigenvalue weighted by molar-refractivity contribution is 6.16. The number of nitrogens with zero attached hydrogens (tertiary/aromatic N) is 2. The molecule has 2 aromatic carbocycles. The number of nitro benzene ring substituents is 1. The van der Waals surface area contributed by atoms with Crippen LogP contribution in [0, 0.1) is 10.1 Å². The first-order chi connectivity index (χ1) is 15.3. The third-order valence-electron chi connectivity index (χ3n) is 5.87. The fourth-order valence-electron chi connectivity index (χ4n) is 4.18. The van der Waals surface area contributed by atoms with E-state index >= 15 is 0 Å². The van der Waals surface area contributed by atoms with E-state index in [4.69, 9.17) is 9.47 Å². The first-order valence-corrected chi connectivity index (χ1v) is 9.98. The van der Waals surface area contributed by atoms with Crippen LogP contribution in [0.3, 0.4) is 0 Å². The number of non-ortho nitro benzene ring substituents is 1. The predicted molar refractivity (Wildman–Crippen MR) is 116 cm³/mol. The van der Waals surface area contributed by atoms with E-state index in [1.165, 1.54) is 18.4 Å². The number of hydrogen-bond acceptors (Lipinski definition) is 6. The van der Waals surface area contributed by atoms with Crippen molar-refractivity contribution in [1.82, 2.24) is 4.57 Å². The minimum Gasteiger partial charge on any atom is -0.458 e. The molecule has 0 N–H and O–H groups in total. The molecule has 0 fully saturated rings. The predicted octanol–water partition coefficient (Wildman–Crippen LogP) is 4.22. The maximum atomic E-state index is 13.0. The van der Waals surface area contributed by atoms with Crippen molar-refractivity contribution in [3.8, 4) is 11.1 Å². The van der Waals surface area contributed by atoms with E-state index in [2.05, 4.69) is 0 Å². The molecule has 2 aliphatic rings. The zero-order valence-electron chi connectivity index (χ0n) is 17.3. The first-order valence-electron chi connectivity index (χ1n) is 9.98. The number of nitro groups is 1. The number of carbonyl (C=O) groups is 2. The molecule has 1 aliphatic heterocycles. The van der Waals surface area contributed by atoms with Gasteiger partial charge in [0.05, 0.1) is 16.9 Å². The van der Waals surface area contributed by atoms with Crippen LogP contribution in [-0.2, 0) is 27.7 Å². The van der Waals surface area contributed by atoms with E-state index < -0.39 is 17.2 Å². The van der Waals surface area contributed by atoms with Crippen molar-refractivity contribution < 1.29 is 24.0 Å². The minimum atomic E-state index is -0.822. The molecule has 0 spiro atoms. The number of carbonyl (C=O) groups excluding carboxylic acids is 2. The Kier molecular flexibility index (Phi) is 4.44. The number of benzene rings is 2. The molecule has 5 rings (SSSR count). The highest BCUT2D eigenvalue weighted by atomic mass is 16.7. The summed E-state index contributed by atoms with van der Waals surface area (Å²) in [5.74, 6) is -0.556. The molecule has 160 valence electrons. The molecule has 0 radical (unpaired) electrons. The molecule has 3 aromatic rings. The summed E-state index contributed by atoms with van der Waals surface area (Å²) >= 11 is 0. The molecule has 0 saturated heterocycles. The molecule has 1 aliphatic carbocycles. The second-order valence-electron chi connectivity index (χ2n) is 7.83. The lowest BCUT2D eigenvalue weighted by molar-refractivity contribution is -0.384. The Morgan fingerprint density at radius 2 is 1.88 bits per heavy atom. The lowest BCUT2D eigenvalue weighted by Crippen LogP contribution is -2.11. The molecule has 0 unspecified atom stereocenters. The van der Waals surface area contributed by atoms with Crippen LogP contribution < -0.4 is 0 Å². The van der Waals surface area contributed by atoms with E-state index in [0.717, 1.165) is 27.6 Å². The SMILES string of the molecule is CC1=C[C@H](O/C=C2\Cc3c(n(C)c4ccc(-c5ccc([N+](=O)[O-])cc5)cc34)C2=O)OC1=O. The molecule has 8 nitrogen and oxygen atoms in total. The van der Waals surface area contributed by atoms with Gasteiger partial charge in [0.2, 0.25) is 5.78 Å². The van der Waals surface area contributed by atoms with Crippen LogP contribution >= 0.6 is 0 Å². The average Bonchev–Trinajstić information content (AvgIpc) is 3.38. The van der Waals surface area contributed by atoms with Crippen molar-refractivity contribution in [3.05, 3.63) is 87.3 Å². The topological polar surface area (TPSA) is 101 Å². The maximum absolute atomic E-state index is 13.0. The van der Waals surface area contributed by atoms with Gasteiger partial charge in [-0.1, -0.05) is 6.07 Å². The number of esters is 1. The van der Waals surface area contributed by atoms with Gasteiger partial charge in [-0.15, -0.1) is 0 Å². The van der Waals surface area contributed by atoms with Gasteiger partial charge in [-0.2, -0.15) is 0 Å². The summed E-state index contributed by atoms with van der Waals surface area (Å²) in [6.07, 6.45) is 2.52. The second-order valence-corrected chi connectivity index (χ2v) is 7.83. The van der Waals surface area contributed by atoms with Gasteiger partial charge in [0.1, 0.15) is 0 Å². The van der Waals surface area contributed by atoms with Crippen molar-refractivity contribution in [2.45, 2.75) is 19.6 Å². The Morgan fingerprint density at radius 1 is 1.16 bits per heavy atom. The Labute approximate surface area is 182 Å². The highest BCUT2D eigenvalue weighted by Gasteiger charge is 2.32. The zero-order chi connectivity index (χ0) is 22.6. The number of cyclic esters (lactones) is 1. The molecule has 1 aromatic heterocycles. The smallest absolute Gasteiger partial charge is 0.336 e. The van der Waals surface area contributed by atoms with Crippen molar-refractivity contribution >= 4 is 28.3 Å². The number of allylic oxidation sites excluding steroid dienone is 1. The van der Waals surface area contributed by atoms with Crippen molar-refractivity contribution in [3.63, 3.8) is 0 Å². The number of Topliss-reactive ketones (excluding diaryl/α,β-unsaturated/α-hetero) is 1. The Hall–Kier alpha value is -4.20. The third kappa shape index (κ3) is 3.08. The van der Waals surface area contributed by atoms with E-state index in [-0.39, 0.29) is 11.5 Å². The second kappa shape index (κ2) is 7.19. The van der Waals surface area contributed by atoms with Gasteiger partial charge in [-0.3, -0.25) is 14.9 Å². The number of fused-ring (bicyclic) bond motifs is 3. The van der Waals surface area contributed by atoms with E-state index in [1.54, 1.807) is 25.1 Å². The molecule has 8 heteroatoms. The van der Waals surface area contributed by atoms with Crippen LogP contribution in [0.5, 0.6) is 0 Å². The number of ether oxygens (including phenoxy) is 2. The standard InChI is InChI=1S/C24H18N2O6/c1-13-9-21(32-24(13)28)31-12-16-11-19-18-10-15(14-3-6-17(7-4-14)26(29)30)5-8-20(18)25(2)22(19)23(16)27/h3-10,12,21H,11H2,1-2H3/b16-12+/t21-/m1/s1. The van der Waals surface area contributed by atoms with E-state index in [0.29, 0.717) is 23.3 Å². The normalized spacial score (nSPS) is 18.8. The van der Waals surface area contributed by atoms with Gasteiger partial charge in [0, 0.05) is 53.7 Å². The molecule has 0 amide bonds. The monoisotopic (exact) mass is 430 g/mol. The minimum absolute atomic E-state index is 0.0359. The molecular weight excluding hydrogens is 412 g/mol. The summed E-state index contributed by atoms with van der Waals surface area (Å²) in [5, 5.41) is 11.9. The molecule has 32 heavy (non-hydrogen) atoms. The fourth-order valence-corrected chi connectivity index (χ4v) is 4.18. The quantitative estimate of drug-likeness (QED) is 0.202. The first kappa shape index (κ1) is 19.7. The number of rotatable bonds is 4. The zero-order valence-corrected chi connectivity index (χ0v) is 17.3. The van der Waals surface area contributed by atoms with Crippen molar-refractivity contribution in [2.75, 3.05) is 0 Å². The van der Waals surface area contributed by atoms with Crippen LogP contribution in [0.4, 0.5) is 5.69 Å². The van der Waals surface area contributed by atoms with Gasteiger partial charge < -0.3 is 14.0 Å². The Bertz CT molecular complexity index is 1380. The van der Waals surface area contributed by atoms with Gasteiger partial charge in [-0.05, 0) is 47.9 Å². The van der Waals surface area contributed by atoms with Gasteiger partial charge in [0.15, 0.2) is 0 Å². The van der Waals surface area contributed by atoms with Crippen LogP contribution in [0.15, 0.2) is 65.9 Å². The van der Waals surface area contributed by atoms with Crippen LogP contribution in [0.2, 0.25) is 0 Å². The van der Waals surface area contributed by atoms with Crippen LogP contribution in [0.25, 0.3) is 22.0 Å². The number of ketones is 1. The fraction of sp³-hybridized carbons (Fsp3) is 0.167. The van der Waals surface area contributed by atoms with Gasteiger partial charge in [-0.25, -0.2) is 4.79 Å². The van der Waals surface area contributed by atoms with Crippen LogP contribution in [-0.4, -0.2) is 27.5 Å². The largest absolute Gasteiger partial charge is 0.458 e. The van der Waals surface area contributed by atoms with E-state index in [1.807, 2.05) is 29.8 Å². The lowest BCUT2D eigenvalue weighted by atomic mass is 10.0. The van der Waals surface area contributed by atoms with Crippen molar-refractivity contribution in [2.24, 2.45) is 7.05 Å². The maximum Gasteiger partial charge on any atom is 0.336 e. The van der Waals surface area contributed by atoms with Gasteiger partial charge >= 0.3 is 5.97 Å². The lowest BCUT2D eigenvalue weighted by Gasteiger charge is -2.08. The van der Waals surface area contributed by atoms with E-state index in [9.17, 15) is 19.7 Å². The summed E-state index contributed by atoms with van der Waals surface area (Å²) in [7, 11) is 1.85. The van der Waals surface area contributed by atoms with Gasteiger partial charge in [0.25, 0.3) is 12.0 Å². The third-order valence-corrected chi connectivity index (χ3v) is 5.87. The highest BCUT2D eigenvalue weighted by Crippen LogP contribution is 2.37. The summed E-state index contributed by atoms with van der Waals surface area (Å²) in [6, 6.07) is 12.3. The molecule has 0 bridgehead atoms. The summed E-state index contributed by atoms with van der Waals surface area (Å²) in [5.41, 5.74) is 5.18. The summed E-state index contributed by atoms with van der Waals surface area (Å²) in [4.78, 5) is 35.0. The molecular formula is C24H18N2O6. The molecule has 0 saturated carbocycles.